The fourth-order valence-corrected chi connectivity index (χ4v) is 2.08. The van der Waals surface area contributed by atoms with E-state index in [4.69, 9.17) is 5.84 Å². The summed E-state index contributed by atoms with van der Waals surface area (Å²) in [4.78, 5) is 16.3. The lowest BCUT2D eigenvalue weighted by Gasteiger charge is -2.10. The van der Waals surface area contributed by atoms with Crippen molar-refractivity contribution < 1.29 is 4.79 Å². The SMILES string of the molecule is Cc1ccc(NC(=O)c2cc(Br)cnc2NN)cc1C. The third-order valence-electron chi connectivity index (χ3n) is 3.00. The Balaban J connectivity index is 2.27. The zero-order chi connectivity index (χ0) is 14.7. The molecule has 1 amide bonds. The Bertz CT molecular complexity index is 658. The standard InChI is InChI=1S/C14H15BrN4O/c1-8-3-4-11(5-9(8)2)18-14(20)12-6-10(15)7-17-13(12)19-16/h3-7H,16H2,1-2H3,(H,17,19)(H,18,20). The molecule has 4 N–H and O–H groups in total. The number of rotatable bonds is 3. The third kappa shape index (κ3) is 3.15. The van der Waals surface area contributed by atoms with Crippen LogP contribution in [-0.2, 0) is 0 Å². The van der Waals surface area contributed by atoms with Gasteiger partial charge >= 0.3 is 0 Å². The number of carbonyl (C=O) groups is 1. The molecule has 2 aromatic rings. The van der Waals surface area contributed by atoms with Crippen molar-refractivity contribution in [2.45, 2.75) is 13.8 Å². The Hall–Kier alpha value is -1.92. The zero-order valence-electron chi connectivity index (χ0n) is 11.2. The zero-order valence-corrected chi connectivity index (χ0v) is 12.8. The summed E-state index contributed by atoms with van der Waals surface area (Å²) in [6, 6.07) is 7.42. The number of anilines is 2. The first-order chi connectivity index (χ1) is 9.51. The second-order valence-electron chi connectivity index (χ2n) is 4.45. The fourth-order valence-electron chi connectivity index (χ4n) is 1.74. The Morgan fingerprint density at radius 2 is 2.00 bits per heavy atom. The quantitative estimate of drug-likeness (QED) is 0.595. The molecule has 5 nitrogen and oxygen atoms in total. The van der Waals surface area contributed by atoms with Crippen LogP contribution in [0.5, 0.6) is 0 Å². The monoisotopic (exact) mass is 334 g/mol. The number of hydrogen-bond donors (Lipinski definition) is 3. The number of benzene rings is 1. The van der Waals surface area contributed by atoms with Crippen LogP contribution in [0.4, 0.5) is 11.5 Å². The molecule has 0 saturated carbocycles. The highest BCUT2D eigenvalue weighted by Gasteiger charge is 2.13. The van der Waals surface area contributed by atoms with E-state index in [1.54, 1.807) is 12.3 Å². The van der Waals surface area contributed by atoms with Crippen LogP contribution in [0.15, 0.2) is 34.9 Å². The molecule has 104 valence electrons. The van der Waals surface area contributed by atoms with Crippen LogP contribution in [0.3, 0.4) is 0 Å². The molecular formula is C14H15BrN4O. The number of aryl methyl sites for hydroxylation is 2. The number of amides is 1. The normalized spacial score (nSPS) is 10.2. The molecule has 0 aliphatic rings. The maximum atomic E-state index is 12.3. The lowest BCUT2D eigenvalue weighted by atomic mass is 10.1. The summed E-state index contributed by atoms with van der Waals surface area (Å²) in [6.45, 7) is 4.02. The molecule has 0 aliphatic carbocycles. The van der Waals surface area contributed by atoms with E-state index in [0.717, 1.165) is 11.3 Å². The van der Waals surface area contributed by atoms with Gasteiger partial charge in [0.25, 0.3) is 5.91 Å². The average molecular weight is 335 g/mol. The Labute approximate surface area is 125 Å². The largest absolute Gasteiger partial charge is 0.322 e. The summed E-state index contributed by atoms with van der Waals surface area (Å²) in [6.07, 6.45) is 1.57. The smallest absolute Gasteiger partial charge is 0.259 e. The number of aromatic nitrogens is 1. The van der Waals surface area contributed by atoms with Crippen molar-refractivity contribution in [2.75, 3.05) is 10.7 Å². The molecule has 0 aliphatic heterocycles. The third-order valence-corrected chi connectivity index (χ3v) is 3.43. The fraction of sp³-hybridized carbons (Fsp3) is 0.143. The predicted octanol–water partition coefficient (Wildman–Crippen LogP) is 3.00. The lowest BCUT2D eigenvalue weighted by molar-refractivity contribution is 0.102. The molecule has 2 rings (SSSR count). The summed E-state index contributed by atoms with van der Waals surface area (Å²) in [5.41, 5.74) is 5.82. The van der Waals surface area contributed by atoms with E-state index in [2.05, 4.69) is 31.7 Å². The first-order valence-corrected chi connectivity index (χ1v) is 6.81. The van der Waals surface area contributed by atoms with E-state index in [1.807, 2.05) is 32.0 Å². The van der Waals surface area contributed by atoms with Gasteiger partial charge in [-0.1, -0.05) is 6.07 Å². The number of nitrogens with two attached hydrogens (primary N) is 1. The van der Waals surface area contributed by atoms with Crippen molar-refractivity contribution in [2.24, 2.45) is 5.84 Å². The van der Waals surface area contributed by atoms with E-state index in [1.165, 1.54) is 5.56 Å². The van der Waals surface area contributed by atoms with Crippen LogP contribution in [0.1, 0.15) is 21.5 Å². The molecule has 6 heteroatoms. The highest BCUT2D eigenvalue weighted by atomic mass is 79.9. The molecule has 0 atom stereocenters. The van der Waals surface area contributed by atoms with Crippen LogP contribution >= 0.6 is 15.9 Å². The molecule has 0 spiro atoms. The van der Waals surface area contributed by atoms with Crippen LogP contribution in [0, 0.1) is 13.8 Å². The van der Waals surface area contributed by atoms with Gasteiger partial charge in [0.2, 0.25) is 0 Å². The van der Waals surface area contributed by atoms with E-state index in [-0.39, 0.29) is 5.91 Å². The van der Waals surface area contributed by atoms with E-state index in [9.17, 15) is 4.79 Å². The van der Waals surface area contributed by atoms with E-state index >= 15 is 0 Å². The van der Waals surface area contributed by atoms with Crippen molar-refractivity contribution in [3.63, 3.8) is 0 Å². The molecule has 0 fully saturated rings. The molecule has 0 unspecified atom stereocenters. The molecule has 0 radical (unpaired) electrons. The minimum absolute atomic E-state index is 0.269. The van der Waals surface area contributed by atoms with Crippen molar-refractivity contribution in [1.29, 1.82) is 0 Å². The summed E-state index contributed by atoms with van der Waals surface area (Å²) in [5.74, 6) is 5.43. The van der Waals surface area contributed by atoms with Crippen LogP contribution in [0.25, 0.3) is 0 Å². The minimum Gasteiger partial charge on any atom is -0.322 e. The van der Waals surface area contributed by atoms with Crippen molar-refractivity contribution in [3.05, 3.63) is 51.6 Å². The first kappa shape index (κ1) is 14.5. The number of carbonyl (C=O) groups excluding carboxylic acids is 1. The topological polar surface area (TPSA) is 80.0 Å². The Kier molecular flexibility index (Phi) is 4.36. The molecule has 0 bridgehead atoms. The van der Waals surface area contributed by atoms with E-state index < -0.39 is 0 Å². The molecule has 1 heterocycles. The minimum atomic E-state index is -0.269. The van der Waals surface area contributed by atoms with Gasteiger partial charge in [-0.25, -0.2) is 10.8 Å². The second kappa shape index (κ2) is 6.02. The molecule has 20 heavy (non-hydrogen) atoms. The van der Waals surface area contributed by atoms with Crippen LogP contribution < -0.4 is 16.6 Å². The first-order valence-electron chi connectivity index (χ1n) is 6.02. The maximum absolute atomic E-state index is 12.3. The number of hydrazine groups is 1. The highest BCUT2D eigenvalue weighted by molar-refractivity contribution is 9.10. The summed E-state index contributed by atoms with van der Waals surface area (Å²) < 4.78 is 0.710. The molecular weight excluding hydrogens is 320 g/mol. The number of nitrogens with one attached hydrogen (secondary N) is 2. The van der Waals surface area contributed by atoms with Crippen molar-refractivity contribution in [3.8, 4) is 0 Å². The van der Waals surface area contributed by atoms with Crippen molar-refractivity contribution >= 4 is 33.3 Å². The number of halogens is 1. The number of nitrogens with zero attached hydrogens (tertiary/aromatic N) is 1. The summed E-state index contributed by atoms with van der Waals surface area (Å²) >= 11 is 3.29. The van der Waals surface area contributed by atoms with Gasteiger partial charge in [0.1, 0.15) is 0 Å². The summed E-state index contributed by atoms with van der Waals surface area (Å²) in [7, 11) is 0. The number of nitrogen functional groups attached to an aromatic ring is 1. The van der Waals surface area contributed by atoms with Gasteiger partial charge in [0, 0.05) is 16.4 Å². The van der Waals surface area contributed by atoms with Gasteiger partial charge in [-0.05, 0) is 59.1 Å². The number of pyridine rings is 1. The number of hydrogen-bond acceptors (Lipinski definition) is 4. The van der Waals surface area contributed by atoms with Gasteiger partial charge in [-0.15, -0.1) is 0 Å². The van der Waals surface area contributed by atoms with Gasteiger partial charge in [-0.2, -0.15) is 0 Å². The predicted molar refractivity (Wildman–Crippen MR) is 83.6 cm³/mol. The van der Waals surface area contributed by atoms with Gasteiger partial charge < -0.3 is 10.7 Å². The van der Waals surface area contributed by atoms with Gasteiger partial charge in [0.15, 0.2) is 5.82 Å². The Morgan fingerprint density at radius 1 is 1.25 bits per heavy atom. The van der Waals surface area contributed by atoms with Crippen molar-refractivity contribution in [1.82, 2.24) is 4.98 Å². The molecule has 1 aromatic carbocycles. The molecule has 0 saturated heterocycles. The maximum Gasteiger partial charge on any atom is 0.259 e. The molecule has 1 aromatic heterocycles. The van der Waals surface area contributed by atoms with Crippen LogP contribution in [0.2, 0.25) is 0 Å². The summed E-state index contributed by atoms with van der Waals surface area (Å²) in [5, 5.41) is 2.83. The van der Waals surface area contributed by atoms with Gasteiger partial charge in [0.05, 0.1) is 5.56 Å². The lowest BCUT2D eigenvalue weighted by Crippen LogP contribution is -2.18. The highest BCUT2D eigenvalue weighted by Crippen LogP contribution is 2.20. The average Bonchev–Trinajstić information content (AvgIpc) is 2.43. The van der Waals surface area contributed by atoms with E-state index in [0.29, 0.717) is 15.9 Å². The second-order valence-corrected chi connectivity index (χ2v) is 5.36. The Morgan fingerprint density at radius 3 is 2.65 bits per heavy atom. The van der Waals surface area contributed by atoms with Crippen LogP contribution in [-0.4, -0.2) is 10.9 Å². The van der Waals surface area contributed by atoms with Gasteiger partial charge in [-0.3, -0.25) is 4.79 Å².